The monoisotopic (exact) mass is 594 g/mol. The van der Waals surface area contributed by atoms with Gasteiger partial charge in [-0.2, -0.15) is 0 Å². The van der Waals surface area contributed by atoms with Crippen molar-refractivity contribution in [3.05, 3.63) is 118 Å². The first kappa shape index (κ1) is 26.3. The van der Waals surface area contributed by atoms with Gasteiger partial charge in [-0.15, -0.1) is 0 Å². The predicted octanol–water partition coefficient (Wildman–Crippen LogP) is 7.69. The number of fused-ring (bicyclic) bond motifs is 2. The Kier molecular flexibility index (Phi) is 6.45. The first-order valence-corrected chi connectivity index (χ1v) is 14.5. The molecule has 5 aromatic rings. The number of carbonyl (C=O) groups is 2. The second-order valence-electron chi connectivity index (χ2n) is 10.2. The molecule has 7 nitrogen and oxygen atoms in total. The van der Waals surface area contributed by atoms with Gasteiger partial charge in [0, 0.05) is 17.0 Å². The maximum absolute atomic E-state index is 13.7. The Morgan fingerprint density at radius 2 is 1.81 bits per heavy atom. The molecular weight excluding hydrogens is 572 g/mol. The molecule has 9 heteroatoms. The quantitative estimate of drug-likeness (QED) is 0.127. The number of thiazole rings is 1. The average molecular weight is 595 g/mol. The molecule has 2 aliphatic heterocycles. The summed E-state index contributed by atoms with van der Waals surface area (Å²) in [5, 5.41) is 12.5. The first-order valence-electron chi connectivity index (χ1n) is 13.4. The van der Waals surface area contributed by atoms with Crippen LogP contribution in [-0.2, 0) is 16.0 Å². The Morgan fingerprint density at radius 3 is 2.64 bits per heavy atom. The van der Waals surface area contributed by atoms with Crippen LogP contribution in [0.5, 0.6) is 17.2 Å². The van der Waals surface area contributed by atoms with Gasteiger partial charge in [0.05, 0.1) is 21.8 Å². The van der Waals surface area contributed by atoms with Gasteiger partial charge in [-0.1, -0.05) is 53.3 Å². The van der Waals surface area contributed by atoms with E-state index in [-0.39, 0.29) is 17.4 Å². The van der Waals surface area contributed by atoms with E-state index in [2.05, 4.69) is 4.98 Å². The maximum atomic E-state index is 13.7. The highest BCUT2D eigenvalue weighted by Gasteiger charge is 2.48. The van der Waals surface area contributed by atoms with E-state index in [1.807, 2.05) is 43.3 Å². The Balaban J connectivity index is 1.38. The Bertz CT molecular complexity index is 1920. The molecule has 3 heterocycles. The summed E-state index contributed by atoms with van der Waals surface area (Å²) in [5.41, 5.74) is 2.57. The van der Waals surface area contributed by atoms with E-state index in [4.69, 9.17) is 21.1 Å². The van der Waals surface area contributed by atoms with Crippen LogP contribution in [0.1, 0.15) is 29.7 Å². The van der Waals surface area contributed by atoms with E-state index in [1.54, 1.807) is 54.6 Å². The molecule has 0 spiro atoms. The fourth-order valence-corrected chi connectivity index (χ4v) is 6.70. The number of ether oxygens (including phenoxy) is 2. The van der Waals surface area contributed by atoms with Gasteiger partial charge in [0.2, 0.25) is 0 Å². The molecule has 0 bridgehead atoms. The van der Waals surface area contributed by atoms with Crippen LogP contribution in [0.4, 0.5) is 5.13 Å². The number of aromatic nitrogens is 1. The Morgan fingerprint density at radius 1 is 1.00 bits per heavy atom. The summed E-state index contributed by atoms with van der Waals surface area (Å²) in [5.74, 6) is 0.0653. The van der Waals surface area contributed by atoms with Crippen molar-refractivity contribution >= 4 is 55.7 Å². The number of rotatable bonds is 5. The highest BCUT2D eigenvalue weighted by atomic mass is 35.5. The summed E-state index contributed by atoms with van der Waals surface area (Å²) in [6, 6.07) is 26.1. The normalized spacial score (nSPS) is 19.2. The van der Waals surface area contributed by atoms with Crippen LogP contribution in [0.3, 0.4) is 0 Å². The third kappa shape index (κ3) is 4.58. The van der Waals surface area contributed by atoms with E-state index in [9.17, 15) is 14.7 Å². The molecule has 0 saturated carbocycles. The van der Waals surface area contributed by atoms with Gasteiger partial charge in [0.15, 0.2) is 5.13 Å². The topological polar surface area (TPSA) is 89.0 Å². The summed E-state index contributed by atoms with van der Waals surface area (Å²) in [4.78, 5) is 33.4. The van der Waals surface area contributed by atoms with Gasteiger partial charge >= 0.3 is 5.91 Å². The largest absolute Gasteiger partial charge is 0.507 e. The van der Waals surface area contributed by atoms with Crippen molar-refractivity contribution in [1.82, 2.24) is 4.98 Å². The minimum Gasteiger partial charge on any atom is -0.507 e. The first-order chi connectivity index (χ1) is 20.4. The molecule has 42 heavy (non-hydrogen) atoms. The van der Waals surface area contributed by atoms with E-state index >= 15 is 0 Å². The molecule has 4 aromatic carbocycles. The van der Waals surface area contributed by atoms with E-state index in [0.717, 1.165) is 16.0 Å². The van der Waals surface area contributed by atoms with Gasteiger partial charge < -0.3 is 14.6 Å². The lowest BCUT2D eigenvalue weighted by atomic mass is 9.94. The summed E-state index contributed by atoms with van der Waals surface area (Å²) in [6.45, 7) is 1.97. The highest BCUT2D eigenvalue weighted by molar-refractivity contribution is 7.22. The van der Waals surface area contributed by atoms with Crippen LogP contribution >= 0.6 is 22.9 Å². The fourth-order valence-electron chi connectivity index (χ4n) is 5.43. The lowest BCUT2D eigenvalue weighted by molar-refractivity contribution is -0.132. The molecule has 7 rings (SSSR count). The van der Waals surface area contributed by atoms with Crippen LogP contribution < -0.4 is 14.4 Å². The zero-order valence-corrected chi connectivity index (χ0v) is 23.9. The number of amides is 1. The van der Waals surface area contributed by atoms with Crippen molar-refractivity contribution in [1.29, 1.82) is 0 Å². The standard InChI is InChI=1S/C33H23ClN2O5S/c1-18-14-21-15-20(10-13-26(21)40-18)30(37)28-29(19-6-5-9-24(16-19)41-23-7-3-2-4-8-23)36(32(39)31(28)38)33-35-25-12-11-22(34)17-27(25)42-33/h2-13,15-18,29,37H,14H2,1H3. The van der Waals surface area contributed by atoms with Crippen LogP contribution in [0.25, 0.3) is 16.0 Å². The SMILES string of the molecule is CC1Cc2cc(C(O)=C3C(=O)C(=O)N(c4nc5ccc(Cl)cc5s4)C3c3cccc(Oc4ccccc4)c3)ccc2O1. The molecule has 2 atom stereocenters. The number of hydrogen-bond donors (Lipinski definition) is 1. The van der Waals surface area contributed by atoms with Crippen LogP contribution in [0.15, 0.2) is 96.6 Å². The lowest BCUT2D eigenvalue weighted by Crippen LogP contribution is -2.29. The van der Waals surface area contributed by atoms with Crippen LogP contribution in [0, 0.1) is 0 Å². The molecule has 2 unspecified atom stereocenters. The number of carbonyl (C=O) groups excluding carboxylic acids is 2. The summed E-state index contributed by atoms with van der Waals surface area (Å²) < 4.78 is 12.6. The van der Waals surface area contributed by atoms with Crippen molar-refractivity contribution < 1.29 is 24.2 Å². The number of benzene rings is 4. The van der Waals surface area contributed by atoms with Gasteiger partial charge in [-0.3, -0.25) is 14.5 Å². The second kappa shape index (κ2) is 10.3. The molecule has 0 radical (unpaired) electrons. The molecule has 0 aliphatic carbocycles. The third-order valence-electron chi connectivity index (χ3n) is 7.31. The van der Waals surface area contributed by atoms with Gasteiger partial charge in [0.1, 0.15) is 29.1 Å². The number of ketones is 1. The molecule has 2 aliphatic rings. The number of hydrogen-bond acceptors (Lipinski definition) is 7. The minimum absolute atomic E-state index is 0.0165. The number of aliphatic hydroxyl groups excluding tert-OH is 1. The zero-order valence-electron chi connectivity index (χ0n) is 22.3. The van der Waals surface area contributed by atoms with Gasteiger partial charge in [-0.05, 0) is 78.7 Å². The van der Waals surface area contributed by atoms with Crippen LogP contribution in [0.2, 0.25) is 5.02 Å². The summed E-state index contributed by atoms with van der Waals surface area (Å²) in [7, 11) is 0. The molecule has 208 valence electrons. The van der Waals surface area contributed by atoms with E-state index in [0.29, 0.717) is 44.7 Å². The van der Waals surface area contributed by atoms with Gasteiger partial charge in [-0.25, -0.2) is 4.98 Å². The number of halogens is 1. The second-order valence-corrected chi connectivity index (χ2v) is 11.7. The van der Waals surface area contributed by atoms with E-state index in [1.165, 1.54) is 16.2 Å². The number of nitrogens with zero attached hydrogens (tertiary/aromatic N) is 2. The van der Waals surface area contributed by atoms with E-state index < -0.39 is 17.7 Å². The number of para-hydroxylation sites is 1. The molecule has 1 N–H and O–H groups in total. The number of Topliss-reactive ketones (excluding diaryl/α,β-unsaturated/α-hetero) is 1. The number of aliphatic hydroxyl groups is 1. The van der Waals surface area contributed by atoms with Crippen molar-refractivity contribution in [2.24, 2.45) is 0 Å². The predicted molar refractivity (Wildman–Crippen MR) is 163 cm³/mol. The van der Waals surface area contributed by atoms with Crippen molar-refractivity contribution in [2.75, 3.05) is 4.90 Å². The smallest absolute Gasteiger partial charge is 0.301 e. The molecule has 1 amide bonds. The molecular formula is C33H23ClN2O5S. The highest BCUT2D eigenvalue weighted by Crippen LogP contribution is 2.45. The fraction of sp³-hybridized carbons (Fsp3) is 0.121. The van der Waals surface area contributed by atoms with Crippen molar-refractivity contribution in [2.45, 2.75) is 25.5 Å². The minimum atomic E-state index is -0.955. The Hall–Kier alpha value is -4.66. The summed E-state index contributed by atoms with van der Waals surface area (Å²) >= 11 is 7.46. The van der Waals surface area contributed by atoms with Crippen LogP contribution in [-0.4, -0.2) is 27.9 Å². The summed E-state index contributed by atoms with van der Waals surface area (Å²) in [6.07, 6.45) is 0.698. The zero-order chi connectivity index (χ0) is 29.0. The number of anilines is 1. The van der Waals surface area contributed by atoms with Gasteiger partial charge in [0.25, 0.3) is 5.78 Å². The average Bonchev–Trinajstić information content (AvgIpc) is 3.65. The molecule has 1 fully saturated rings. The van der Waals surface area contributed by atoms with Crippen molar-refractivity contribution in [3.8, 4) is 17.2 Å². The third-order valence-corrected chi connectivity index (χ3v) is 8.56. The lowest BCUT2D eigenvalue weighted by Gasteiger charge is -2.23. The maximum Gasteiger partial charge on any atom is 0.301 e. The van der Waals surface area contributed by atoms with Crippen molar-refractivity contribution in [3.63, 3.8) is 0 Å². The Labute approximate surface area is 250 Å². The molecule has 1 saturated heterocycles. The molecule has 1 aromatic heterocycles.